The van der Waals surface area contributed by atoms with Crippen LogP contribution in [0.1, 0.15) is 31.8 Å². The van der Waals surface area contributed by atoms with Crippen molar-refractivity contribution in [3.05, 3.63) is 64.6 Å². The molecular weight excluding hydrogens is 470 g/mol. The number of carbonyl (C=O) groups is 2. The van der Waals surface area contributed by atoms with E-state index >= 15 is 0 Å². The molecule has 2 aromatic rings. The number of non-ortho nitro benzene ring substituents is 1. The second-order valence-electron chi connectivity index (χ2n) is 6.16. The minimum absolute atomic E-state index is 0.0667. The zero-order valence-corrected chi connectivity index (χ0v) is 17.2. The predicted molar refractivity (Wildman–Crippen MR) is 104 cm³/mol. The maximum Gasteiger partial charge on any atom is 0.270 e. The lowest BCUT2D eigenvalue weighted by Gasteiger charge is -2.22. The number of fused-ring (bicyclic) bond motifs is 2. The Labute approximate surface area is 182 Å². The predicted octanol–water partition coefficient (Wildman–Crippen LogP) is 4.87. The number of hydrogen-bond acceptors (Lipinski definition) is 6. The molecule has 150 valence electrons. The Hall–Kier alpha value is -2.10. The number of nitro groups is 1. The number of benzene rings is 2. The maximum atomic E-state index is 12.9. The van der Waals surface area contributed by atoms with Gasteiger partial charge in [-0.2, -0.15) is 0 Å². The average molecular weight is 478 g/mol. The molecular formula is C17H8Cl4N2O6. The molecule has 0 N–H and O–H groups in total. The van der Waals surface area contributed by atoms with Crippen molar-refractivity contribution < 1.29 is 24.0 Å². The van der Waals surface area contributed by atoms with E-state index in [-0.39, 0.29) is 62.4 Å². The number of imide groups is 1. The van der Waals surface area contributed by atoms with Gasteiger partial charge in [-0.25, -0.2) is 0 Å². The van der Waals surface area contributed by atoms with E-state index in [1.807, 2.05) is 0 Å². The molecule has 2 aromatic carbocycles. The van der Waals surface area contributed by atoms with Crippen LogP contribution < -0.4 is 4.74 Å². The summed E-state index contributed by atoms with van der Waals surface area (Å²) in [5, 5.41) is 10.6. The molecule has 2 heterocycles. The fourth-order valence-corrected chi connectivity index (χ4v) is 4.23. The monoisotopic (exact) mass is 476 g/mol. The van der Waals surface area contributed by atoms with Crippen molar-refractivity contribution in [1.82, 2.24) is 4.90 Å². The van der Waals surface area contributed by atoms with Gasteiger partial charge in [0, 0.05) is 23.3 Å². The molecule has 0 radical (unpaired) electrons. The van der Waals surface area contributed by atoms with Gasteiger partial charge in [0.05, 0.1) is 49.3 Å². The third kappa shape index (κ3) is 3.12. The van der Waals surface area contributed by atoms with Gasteiger partial charge in [0.25, 0.3) is 17.5 Å². The van der Waals surface area contributed by atoms with Crippen molar-refractivity contribution in [1.29, 1.82) is 0 Å². The number of nitro benzene ring substituents is 1. The fourth-order valence-electron chi connectivity index (χ4n) is 3.21. The molecule has 0 unspecified atom stereocenters. The zero-order valence-electron chi connectivity index (χ0n) is 14.1. The highest BCUT2D eigenvalue weighted by molar-refractivity contribution is 6.55. The van der Waals surface area contributed by atoms with E-state index < -0.39 is 16.7 Å². The third-order valence-electron chi connectivity index (χ3n) is 4.50. The molecule has 0 bridgehead atoms. The molecule has 29 heavy (non-hydrogen) atoms. The summed E-state index contributed by atoms with van der Waals surface area (Å²) in [6.07, 6.45) is 0. The summed E-state index contributed by atoms with van der Waals surface area (Å²) in [7, 11) is 0. The van der Waals surface area contributed by atoms with Crippen molar-refractivity contribution in [2.45, 2.75) is 13.2 Å². The number of nitrogens with zero attached hydrogens (tertiary/aromatic N) is 2. The first kappa shape index (κ1) is 20.2. The molecule has 0 fully saturated rings. The summed E-state index contributed by atoms with van der Waals surface area (Å²) in [4.78, 5) is 37.3. The van der Waals surface area contributed by atoms with Crippen molar-refractivity contribution in [3.63, 3.8) is 0 Å². The molecule has 0 saturated carbocycles. The number of halogens is 4. The summed E-state index contributed by atoms with van der Waals surface area (Å²) in [5.41, 5.74) is 0.126. The third-order valence-corrected chi connectivity index (χ3v) is 6.30. The highest BCUT2D eigenvalue weighted by Crippen LogP contribution is 2.45. The maximum absolute atomic E-state index is 12.9. The lowest BCUT2D eigenvalue weighted by Crippen LogP contribution is -2.30. The molecule has 2 aliphatic rings. The van der Waals surface area contributed by atoms with Gasteiger partial charge in [0.1, 0.15) is 5.75 Å². The van der Waals surface area contributed by atoms with Crippen LogP contribution in [0.3, 0.4) is 0 Å². The van der Waals surface area contributed by atoms with E-state index in [0.717, 1.165) is 4.90 Å². The molecule has 2 amide bonds. The lowest BCUT2D eigenvalue weighted by molar-refractivity contribution is -0.385. The van der Waals surface area contributed by atoms with Crippen molar-refractivity contribution in [2.24, 2.45) is 0 Å². The molecule has 0 aliphatic carbocycles. The van der Waals surface area contributed by atoms with E-state index in [1.165, 1.54) is 12.1 Å². The Morgan fingerprint density at radius 2 is 1.59 bits per heavy atom. The van der Waals surface area contributed by atoms with Crippen LogP contribution in [0.15, 0.2) is 12.1 Å². The molecule has 12 heteroatoms. The zero-order chi connectivity index (χ0) is 21.0. The molecule has 4 rings (SSSR count). The Balaban J connectivity index is 1.80. The summed E-state index contributed by atoms with van der Waals surface area (Å²) in [6, 6.07) is 2.55. The molecule has 8 nitrogen and oxygen atoms in total. The van der Waals surface area contributed by atoms with Gasteiger partial charge in [-0.3, -0.25) is 24.6 Å². The van der Waals surface area contributed by atoms with Gasteiger partial charge in [-0.05, 0) is 0 Å². The molecule has 0 spiro atoms. The first-order valence-electron chi connectivity index (χ1n) is 7.95. The van der Waals surface area contributed by atoms with Crippen molar-refractivity contribution in [2.75, 3.05) is 6.79 Å². The van der Waals surface area contributed by atoms with Gasteiger partial charge in [-0.15, -0.1) is 0 Å². The molecule has 0 atom stereocenters. The second-order valence-corrected chi connectivity index (χ2v) is 7.68. The van der Waals surface area contributed by atoms with Gasteiger partial charge in [-0.1, -0.05) is 46.4 Å². The number of ether oxygens (including phenoxy) is 2. The van der Waals surface area contributed by atoms with Crippen LogP contribution >= 0.6 is 46.4 Å². The van der Waals surface area contributed by atoms with Crippen LogP contribution in [-0.2, 0) is 17.9 Å². The number of hydrogen-bond donors (Lipinski definition) is 0. The smallest absolute Gasteiger partial charge is 0.270 e. The minimum Gasteiger partial charge on any atom is -0.467 e. The van der Waals surface area contributed by atoms with E-state index in [4.69, 9.17) is 55.9 Å². The van der Waals surface area contributed by atoms with E-state index in [1.54, 1.807) is 0 Å². The van der Waals surface area contributed by atoms with Gasteiger partial charge >= 0.3 is 0 Å². The topological polar surface area (TPSA) is 99.0 Å². The lowest BCUT2D eigenvalue weighted by atomic mass is 10.1. The van der Waals surface area contributed by atoms with Crippen LogP contribution in [0.5, 0.6) is 5.75 Å². The van der Waals surface area contributed by atoms with Gasteiger partial charge < -0.3 is 9.47 Å². The fraction of sp³-hybridized carbons (Fsp3) is 0.176. The second kappa shape index (κ2) is 7.30. The first-order valence-corrected chi connectivity index (χ1v) is 9.46. The Bertz CT molecular complexity index is 1070. The van der Waals surface area contributed by atoms with Crippen LogP contribution in [-0.4, -0.2) is 28.4 Å². The Morgan fingerprint density at radius 1 is 1.00 bits per heavy atom. The first-order chi connectivity index (χ1) is 13.7. The summed E-state index contributed by atoms with van der Waals surface area (Å²) in [6.45, 7) is -0.282. The van der Waals surface area contributed by atoms with Crippen LogP contribution in [0, 0.1) is 10.1 Å². The molecule has 0 saturated heterocycles. The van der Waals surface area contributed by atoms with Crippen molar-refractivity contribution in [3.8, 4) is 5.75 Å². The summed E-state index contributed by atoms with van der Waals surface area (Å²) in [5.74, 6) is -1.18. The van der Waals surface area contributed by atoms with Gasteiger partial charge in [0.15, 0.2) is 6.79 Å². The van der Waals surface area contributed by atoms with Crippen LogP contribution in [0.25, 0.3) is 0 Å². The van der Waals surface area contributed by atoms with Crippen molar-refractivity contribution >= 4 is 63.9 Å². The minimum atomic E-state index is -0.747. The normalized spacial score (nSPS) is 15.2. The van der Waals surface area contributed by atoms with E-state index in [9.17, 15) is 19.7 Å². The molecule has 2 aliphatic heterocycles. The SMILES string of the molecule is O=C1c2c(Cl)c(Cl)c(Cl)c(Cl)c2C(=O)N1Cc1cc([N+](=O)[O-])cc2c1OCOC2. The van der Waals surface area contributed by atoms with Crippen LogP contribution in [0.4, 0.5) is 5.69 Å². The highest BCUT2D eigenvalue weighted by atomic mass is 35.5. The Morgan fingerprint density at radius 3 is 2.14 bits per heavy atom. The standard InChI is InChI=1S/C17H8Cl4N2O6/c18-11-9-10(12(19)14(21)13(11)20)17(25)22(16(9)24)3-6-1-8(23(26)27)2-7-4-28-5-29-15(6)7/h1-2H,3-5H2. The Kier molecular flexibility index (Phi) is 5.08. The van der Waals surface area contributed by atoms with E-state index in [0.29, 0.717) is 11.3 Å². The average Bonchev–Trinajstić information content (AvgIpc) is 2.95. The van der Waals surface area contributed by atoms with E-state index in [2.05, 4.69) is 0 Å². The number of rotatable bonds is 3. The quantitative estimate of drug-likeness (QED) is 0.205. The van der Waals surface area contributed by atoms with Gasteiger partial charge in [0.2, 0.25) is 0 Å². The van der Waals surface area contributed by atoms with Crippen LogP contribution in [0.2, 0.25) is 20.1 Å². The number of amides is 2. The molecule has 0 aromatic heterocycles. The number of carbonyl (C=O) groups excluding carboxylic acids is 2. The summed E-state index contributed by atoms with van der Waals surface area (Å²) >= 11 is 24.2. The summed E-state index contributed by atoms with van der Waals surface area (Å²) < 4.78 is 10.6. The largest absolute Gasteiger partial charge is 0.467 e. The highest BCUT2D eigenvalue weighted by Gasteiger charge is 2.42.